The minimum absolute atomic E-state index is 0.0307. The first kappa shape index (κ1) is 19.3. The summed E-state index contributed by atoms with van der Waals surface area (Å²) in [5.74, 6) is -0.178. The Labute approximate surface area is 162 Å². The Morgan fingerprint density at radius 2 is 1.93 bits per heavy atom. The largest absolute Gasteiger partial charge is 0.507 e. The fourth-order valence-corrected chi connectivity index (χ4v) is 2.98. The molecule has 2 heterocycles. The van der Waals surface area contributed by atoms with E-state index in [1.807, 2.05) is 30.5 Å². The van der Waals surface area contributed by atoms with E-state index in [0.717, 1.165) is 17.1 Å². The number of aromatic nitrogens is 1. The number of esters is 1. The average Bonchev–Trinajstić information content (AvgIpc) is 3.29. The van der Waals surface area contributed by atoms with E-state index in [4.69, 9.17) is 13.9 Å². The van der Waals surface area contributed by atoms with Gasteiger partial charge in [-0.15, -0.1) is 0 Å². The van der Waals surface area contributed by atoms with Crippen LogP contribution in [-0.4, -0.2) is 35.1 Å². The first-order valence-corrected chi connectivity index (χ1v) is 8.67. The van der Waals surface area contributed by atoms with Crippen LogP contribution in [0.4, 0.5) is 0 Å². The second-order valence-electron chi connectivity index (χ2n) is 6.33. The molecule has 0 saturated heterocycles. The van der Waals surface area contributed by atoms with Gasteiger partial charge in [0.1, 0.15) is 22.8 Å². The maximum Gasteiger partial charge on any atom is 0.342 e. The minimum Gasteiger partial charge on any atom is -0.507 e. The van der Waals surface area contributed by atoms with Crippen LogP contribution in [0.15, 0.2) is 47.1 Å². The van der Waals surface area contributed by atoms with Gasteiger partial charge < -0.3 is 23.6 Å². The van der Waals surface area contributed by atoms with Crippen molar-refractivity contribution in [2.75, 3.05) is 13.7 Å². The molecule has 0 radical (unpaired) electrons. The third-order valence-electron chi connectivity index (χ3n) is 4.53. The van der Waals surface area contributed by atoms with Crippen LogP contribution in [0.25, 0.3) is 0 Å². The van der Waals surface area contributed by atoms with Crippen molar-refractivity contribution in [2.24, 2.45) is 0 Å². The topological polar surface area (TPSA) is 90.9 Å². The first-order chi connectivity index (χ1) is 13.4. The second kappa shape index (κ2) is 8.04. The van der Waals surface area contributed by atoms with E-state index in [9.17, 15) is 14.7 Å². The summed E-state index contributed by atoms with van der Waals surface area (Å²) in [4.78, 5) is 24.7. The number of methoxy groups -OCH3 is 1. The molecule has 3 aromatic rings. The zero-order valence-electron chi connectivity index (χ0n) is 15.9. The van der Waals surface area contributed by atoms with Crippen molar-refractivity contribution in [1.82, 2.24) is 4.57 Å². The molecule has 1 N–H and O–H groups in total. The van der Waals surface area contributed by atoms with E-state index in [-0.39, 0.29) is 17.1 Å². The number of aryl methyl sites for hydroxylation is 1. The fourth-order valence-electron chi connectivity index (χ4n) is 2.98. The predicted molar refractivity (Wildman–Crippen MR) is 101 cm³/mol. The number of hydrogen-bond donors (Lipinski definition) is 1. The van der Waals surface area contributed by atoms with Gasteiger partial charge >= 0.3 is 5.97 Å². The maximum atomic E-state index is 12.6. The second-order valence-corrected chi connectivity index (χ2v) is 6.33. The molecule has 2 aromatic heterocycles. The van der Waals surface area contributed by atoms with Gasteiger partial charge in [0.25, 0.3) is 0 Å². The number of aromatic hydroxyl groups is 1. The number of ether oxygens (including phenoxy) is 2. The number of ketones is 1. The molecule has 0 unspecified atom stereocenters. The van der Waals surface area contributed by atoms with Gasteiger partial charge in [-0.05, 0) is 44.2 Å². The van der Waals surface area contributed by atoms with E-state index in [1.54, 1.807) is 12.3 Å². The molecule has 0 atom stereocenters. The van der Waals surface area contributed by atoms with Crippen molar-refractivity contribution in [3.63, 3.8) is 0 Å². The van der Waals surface area contributed by atoms with Gasteiger partial charge in [0.15, 0.2) is 6.61 Å². The van der Waals surface area contributed by atoms with Gasteiger partial charge in [0.05, 0.1) is 19.9 Å². The number of nitrogens with zero attached hydrogens (tertiary/aromatic N) is 1. The lowest BCUT2D eigenvalue weighted by molar-refractivity contribution is 0.0471. The molecule has 0 bridgehead atoms. The highest BCUT2D eigenvalue weighted by atomic mass is 16.5. The average molecular weight is 383 g/mol. The summed E-state index contributed by atoms with van der Waals surface area (Å²) in [6.07, 6.45) is 1.60. The Hall–Kier alpha value is -3.48. The van der Waals surface area contributed by atoms with Gasteiger partial charge in [-0.2, -0.15) is 0 Å². The van der Waals surface area contributed by atoms with Crippen LogP contribution in [0, 0.1) is 13.8 Å². The number of carbonyl (C=O) groups excluding carboxylic acids is 2. The Balaban J connectivity index is 1.69. The van der Waals surface area contributed by atoms with Crippen LogP contribution in [0.5, 0.6) is 11.5 Å². The van der Waals surface area contributed by atoms with Crippen molar-refractivity contribution in [2.45, 2.75) is 20.4 Å². The first-order valence-electron chi connectivity index (χ1n) is 8.67. The molecular weight excluding hydrogens is 362 g/mol. The van der Waals surface area contributed by atoms with Gasteiger partial charge in [-0.1, -0.05) is 0 Å². The number of rotatable bonds is 7. The fraction of sp³-hybridized carbons (Fsp3) is 0.238. The lowest BCUT2D eigenvalue weighted by atomic mass is 10.1. The quantitative estimate of drug-likeness (QED) is 0.496. The molecule has 28 heavy (non-hydrogen) atoms. The third-order valence-corrected chi connectivity index (χ3v) is 4.53. The number of phenolic OH excluding ortho intramolecular Hbond substituents is 1. The van der Waals surface area contributed by atoms with Crippen LogP contribution in [0.2, 0.25) is 0 Å². The lowest BCUT2D eigenvalue weighted by Crippen LogP contribution is -2.15. The van der Waals surface area contributed by atoms with Crippen molar-refractivity contribution in [1.29, 1.82) is 0 Å². The molecule has 0 aliphatic heterocycles. The van der Waals surface area contributed by atoms with Crippen molar-refractivity contribution in [3.8, 4) is 11.5 Å². The van der Waals surface area contributed by atoms with Crippen LogP contribution < -0.4 is 4.74 Å². The highest BCUT2D eigenvalue weighted by Crippen LogP contribution is 2.24. The Kier molecular flexibility index (Phi) is 5.54. The number of Topliss-reactive ketones (excluding diaryl/α,β-unsaturated/α-hetero) is 1. The highest BCUT2D eigenvalue weighted by molar-refractivity contribution is 6.01. The summed E-state index contributed by atoms with van der Waals surface area (Å²) in [6, 6.07) is 9.66. The van der Waals surface area contributed by atoms with Crippen LogP contribution in [-0.2, 0) is 11.3 Å². The summed E-state index contributed by atoms with van der Waals surface area (Å²) < 4.78 is 17.4. The minimum atomic E-state index is -0.780. The van der Waals surface area contributed by atoms with Gasteiger partial charge in [-0.25, -0.2) is 4.79 Å². The standard InChI is InChI=1S/C21H21NO6/c1-13-9-18(14(2)22(13)11-16-5-4-8-27-16)20(24)12-28-21(25)17-7-6-15(26-3)10-19(17)23/h4-10,23H,11-12H2,1-3H3. The third kappa shape index (κ3) is 3.93. The normalized spacial score (nSPS) is 10.7. The molecule has 0 fully saturated rings. The summed E-state index contributed by atoms with van der Waals surface area (Å²) >= 11 is 0. The molecule has 0 aliphatic carbocycles. The van der Waals surface area contributed by atoms with Crippen LogP contribution in [0.1, 0.15) is 37.9 Å². The molecular formula is C21H21NO6. The molecule has 7 nitrogen and oxygen atoms in total. The molecule has 0 saturated carbocycles. The van der Waals surface area contributed by atoms with E-state index >= 15 is 0 Å². The van der Waals surface area contributed by atoms with Crippen LogP contribution >= 0.6 is 0 Å². The Morgan fingerprint density at radius 3 is 2.57 bits per heavy atom. The molecule has 0 spiro atoms. The maximum absolute atomic E-state index is 12.6. The number of benzene rings is 1. The van der Waals surface area contributed by atoms with Crippen molar-refractivity contribution < 1.29 is 28.6 Å². The smallest absolute Gasteiger partial charge is 0.342 e. The van der Waals surface area contributed by atoms with Crippen LogP contribution in [0.3, 0.4) is 0 Å². The summed E-state index contributed by atoms with van der Waals surface area (Å²) in [6.45, 7) is 3.82. The number of phenols is 1. The van der Waals surface area contributed by atoms with Gasteiger partial charge in [0, 0.05) is 23.0 Å². The number of carbonyl (C=O) groups is 2. The Morgan fingerprint density at radius 1 is 1.14 bits per heavy atom. The van der Waals surface area contributed by atoms with Crippen molar-refractivity contribution >= 4 is 11.8 Å². The van der Waals surface area contributed by atoms with E-state index in [0.29, 0.717) is 17.9 Å². The summed E-state index contributed by atoms with van der Waals surface area (Å²) in [5, 5.41) is 9.90. The highest BCUT2D eigenvalue weighted by Gasteiger charge is 2.20. The summed E-state index contributed by atoms with van der Waals surface area (Å²) in [5.41, 5.74) is 2.12. The Bertz CT molecular complexity index is 1000. The lowest BCUT2D eigenvalue weighted by Gasteiger charge is -2.09. The van der Waals surface area contributed by atoms with E-state index < -0.39 is 12.6 Å². The zero-order chi connectivity index (χ0) is 20.3. The van der Waals surface area contributed by atoms with Crippen molar-refractivity contribution in [3.05, 3.63) is 70.9 Å². The molecule has 1 aromatic carbocycles. The van der Waals surface area contributed by atoms with Gasteiger partial charge in [0.2, 0.25) is 5.78 Å². The molecule has 3 rings (SSSR count). The van der Waals surface area contributed by atoms with E-state index in [1.165, 1.54) is 25.3 Å². The van der Waals surface area contributed by atoms with Gasteiger partial charge in [-0.3, -0.25) is 4.79 Å². The SMILES string of the molecule is COc1ccc(C(=O)OCC(=O)c2cc(C)n(Cc3ccco3)c2C)c(O)c1. The number of furan rings is 1. The predicted octanol–water partition coefficient (Wildman–Crippen LogP) is 3.50. The summed E-state index contributed by atoms with van der Waals surface area (Å²) in [7, 11) is 1.45. The molecule has 0 aliphatic rings. The molecule has 7 heteroatoms. The molecule has 0 amide bonds. The zero-order valence-corrected chi connectivity index (χ0v) is 15.9. The molecule has 146 valence electrons. The monoisotopic (exact) mass is 383 g/mol. The van der Waals surface area contributed by atoms with E-state index in [2.05, 4.69) is 0 Å². The number of hydrogen-bond acceptors (Lipinski definition) is 6.